The highest BCUT2D eigenvalue weighted by molar-refractivity contribution is 6.31. The molecule has 2 heterocycles. The van der Waals surface area contributed by atoms with Crippen LogP contribution in [-0.2, 0) is 6.18 Å². The van der Waals surface area contributed by atoms with Crippen molar-refractivity contribution in [3.8, 4) is 0 Å². The van der Waals surface area contributed by atoms with Crippen LogP contribution in [0.5, 0.6) is 0 Å². The molecule has 1 saturated heterocycles. The summed E-state index contributed by atoms with van der Waals surface area (Å²) in [5, 5.41) is 7.66. The number of anilines is 2. The van der Waals surface area contributed by atoms with Gasteiger partial charge in [-0.2, -0.15) is 18.3 Å². The number of benzene rings is 2. The van der Waals surface area contributed by atoms with E-state index in [2.05, 4.69) is 10.2 Å². The van der Waals surface area contributed by atoms with E-state index in [1.807, 2.05) is 29.2 Å². The zero-order valence-electron chi connectivity index (χ0n) is 16.1. The van der Waals surface area contributed by atoms with Crippen LogP contribution in [0.25, 0.3) is 10.9 Å². The lowest BCUT2D eigenvalue weighted by Gasteiger charge is -2.37. The van der Waals surface area contributed by atoms with Gasteiger partial charge in [-0.3, -0.25) is 10.00 Å². The Balaban J connectivity index is 1.45. The second kappa shape index (κ2) is 7.71. The van der Waals surface area contributed by atoms with Crippen LogP contribution in [0, 0.1) is 0 Å². The van der Waals surface area contributed by atoms with Crippen molar-refractivity contribution in [1.82, 2.24) is 15.1 Å². The number of carbonyl (C=O) groups excluding carboxylic acids is 1. The molecule has 1 aliphatic heterocycles. The van der Waals surface area contributed by atoms with Crippen LogP contribution < -0.4 is 9.80 Å². The molecule has 1 aromatic heterocycles. The number of carbonyl (C=O) groups is 1. The number of fused-ring (bicyclic) bond motifs is 1. The minimum absolute atomic E-state index is 0.209. The summed E-state index contributed by atoms with van der Waals surface area (Å²) in [6, 6.07) is 11.2. The summed E-state index contributed by atoms with van der Waals surface area (Å²) < 4.78 is 39.4. The van der Waals surface area contributed by atoms with Crippen LogP contribution in [0.4, 0.5) is 29.5 Å². The molecule has 0 aliphatic carbocycles. The van der Waals surface area contributed by atoms with Gasteiger partial charge in [-0.25, -0.2) is 4.79 Å². The monoisotopic (exact) mass is 437 g/mol. The average Bonchev–Trinajstić information content (AvgIpc) is 3.16. The predicted octanol–water partition coefficient (Wildman–Crippen LogP) is 4.61. The zero-order chi connectivity index (χ0) is 21.5. The molecule has 2 amide bonds. The number of nitrogens with zero attached hydrogens (tertiary/aromatic N) is 4. The smallest absolute Gasteiger partial charge is 0.368 e. The van der Waals surface area contributed by atoms with Gasteiger partial charge in [0.05, 0.1) is 16.1 Å². The first-order valence-corrected chi connectivity index (χ1v) is 9.71. The van der Waals surface area contributed by atoms with Crippen LogP contribution in [0.15, 0.2) is 42.5 Å². The number of para-hydroxylation sites is 1. The van der Waals surface area contributed by atoms with E-state index in [1.165, 1.54) is 11.0 Å². The molecule has 3 aromatic rings. The van der Waals surface area contributed by atoms with Gasteiger partial charge in [0.2, 0.25) is 0 Å². The Morgan fingerprint density at radius 3 is 2.53 bits per heavy atom. The molecule has 10 heteroatoms. The first kappa shape index (κ1) is 20.3. The van der Waals surface area contributed by atoms with Gasteiger partial charge in [0.15, 0.2) is 5.82 Å². The third-order valence-electron chi connectivity index (χ3n) is 5.23. The summed E-state index contributed by atoms with van der Waals surface area (Å²) in [4.78, 5) is 17.9. The number of piperazine rings is 1. The third-order valence-corrected chi connectivity index (χ3v) is 5.56. The number of amides is 2. The summed E-state index contributed by atoms with van der Waals surface area (Å²) in [5.41, 5.74) is 0.413. The number of hydrogen-bond acceptors (Lipinski definition) is 3. The fraction of sp³-hybridized carbons (Fsp3) is 0.300. The lowest BCUT2D eigenvalue weighted by Crippen LogP contribution is -2.52. The van der Waals surface area contributed by atoms with Crippen molar-refractivity contribution in [2.24, 2.45) is 0 Å². The molecule has 30 heavy (non-hydrogen) atoms. The van der Waals surface area contributed by atoms with Crippen LogP contribution in [0.1, 0.15) is 5.56 Å². The molecule has 0 saturated carbocycles. The van der Waals surface area contributed by atoms with E-state index < -0.39 is 11.7 Å². The maximum absolute atomic E-state index is 13.1. The second-order valence-electron chi connectivity index (χ2n) is 7.07. The highest BCUT2D eigenvalue weighted by atomic mass is 35.5. The zero-order valence-corrected chi connectivity index (χ0v) is 16.8. The van der Waals surface area contributed by atoms with Crippen molar-refractivity contribution >= 4 is 40.0 Å². The Kier molecular flexibility index (Phi) is 5.23. The highest BCUT2D eigenvalue weighted by Gasteiger charge is 2.34. The van der Waals surface area contributed by atoms with Gasteiger partial charge in [0.25, 0.3) is 0 Å². The normalized spacial score (nSPS) is 15.0. The number of H-pyrrole nitrogens is 1. The van der Waals surface area contributed by atoms with Crippen LogP contribution in [-0.4, -0.2) is 54.4 Å². The van der Waals surface area contributed by atoms with E-state index in [0.717, 1.165) is 17.0 Å². The largest absolute Gasteiger partial charge is 0.417 e. The summed E-state index contributed by atoms with van der Waals surface area (Å²) in [7, 11) is 1.66. The van der Waals surface area contributed by atoms with Gasteiger partial charge in [-0.05, 0) is 30.3 Å². The SMILES string of the molecule is CN(C(=O)N1CCN(c2ccc(Cl)c(C(F)(F)F)c2)CC1)c1n[nH]c2ccccc12. The van der Waals surface area contributed by atoms with Gasteiger partial charge in [-0.15, -0.1) is 0 Å². The molecule has 0 atom stereocenters. The van der Waals surface area contributed by atoms with Crippen LogP contribution in [0.2, 0.25) is 5.02 Å². The van der Waals surface area contributed by atoms with E-state index in [4.69, 9.17) is 11.6 Å². The molecule has 1 fully saturated rings. The van der Waals surface area contributed by atoms with Crippen LogP contribution >= 0.6 is 11.6 Å². The molecule has 0 unspecified atom stereocenters. The van der Waals surface area contributed by atoms with E-state index in [9.17, 15) is 18.0 Å². The van der Waals surface area contributed by atoms with Gasteiger partial charge < -0.3 is 9.80 Å². The van der Waals surface area contributed by atoms with Crippen molar-refractivity contribution in [1.29, 1.82) is 0 Å². The fourth-order valence-corrected chi connectivity index (χ4v) is 3.82. The lowest BCUT2D eigenvalue weighted by molar-refractivity contribution is -0.137. The standard InChI is InChI=1S/C20H19ClF3N5O/c1-27(18-14-4-2-3-5-17(14)25-26-18)19(30)29-10-8-28(9-11-29)13-6-7-16(21)15(12-13)20(22,23)24/h2-7,12H,8-11H2,1H3,(H,25,26). The molecule has 6 nitrogen and oxygen atoms in total. The fourth-order valence-electron chi connectivity index (χ4n) is 3.59. The summed E-state index contributed by atoms with van der Waals surface area (Å²) in [6.45, 7) is 1.60. The number of alkyl halides is 3. The number of rotatable bonds is 2. The maximum Gasteiger partial charge on any atom is 0.417 e. The van der Waals surface area contributed by atoms with Crippen molar-refractivity contribution in [3.05, 3.63) is 53.1 Å². The third kappa shape index (κ3) is 3.77. The molecular formula is C20H19ClF3N5O. The molecule has 1 N–H and O–H groups in total. The molecule has 0 spiro atoms. The molecule has 0 radical (unpaired) electrons. The van der Waals surface area contributed by atoms with Gasteiger partial charge in [0, 0.05) is 44.3 Å². The minimum Gasteiger partial charge on any atom is -0.368 e. The van der Waals surface area contributed by atoms with Crippen molar-refractivity contribution < 1.29 is 18.0 Å². The second-order valence-corrected chi connectivity index (χ2v) is 7.48. The first-order chi connectivity index (χ1) is 14.3. The van der Waals surface area contributed by atoms with Crippen molar-refractivity contribution in [3.63, 3.8) is 0 Å². The van der Waals surface area contributed by atoms with Crippen molar-refractivity contribution in [2.45, 2.75) is 6.18 Å². The predicted molar refractivity (Wildman–Crippen MR) is 110 cm³/mol. The number of hydrogen-bond donors (Lipinski definition) is 1. The Bertz CT molecular complexity index is 1080. The lowest BCUT2D eigenvalue weighted by atomic mass is 10.1. The van der Waals surface area contributed by atoms with E-state index >= 15 is 0 Å². The Morgan fingerprint density at radius 2 is 1.83 bits per heavy atom. The quantitative estimate of drug-likeness (QED) is 0.636. The molecule has 2 aromatic carbocycles. The van der Waals surface area contributed by atoms with E-state index in [-0.39, 0.29) is 11.1 Å². The number of aromatic amines is 1. The molecular weight excluding hydrogens is 419 g/mol. The Hall–Kier alpha value is -2.94. The van der Waals surface area contributed by atoms with Gasteiger partial charge >= 0.3 is 12.2 Å². The van der Waals surface area contributed by atoms with Crippen molar-refractivity contribution in [2.75, 3.05) is 43.0 Å². The van der Waals surface area contributed by atoms with Gasteiger partial charge in [0.1, 0.15) is 0 Å². The maximum atomic E-state index is 13.1. The van der Waals surface area contributed by atoms with E-state index in [0.29, 0.717) is 37.7 Å². The summed E-state index contributed by atoms with van der Waals surface area (Å²) in [6.07, 6.45) is -4.51. The number of urea groups is 1. The number of aromatic nitrogens is 2. The Morgan fingerprint density at radius 1 is 1.13 bits per heavy atom. The molecule has 1 aliphatic rings. The Labute approximate surface area is 175 Å². The van der Waals surface area contributed by atoms with E-state index in [1.54, 1.807) is 18.0 Å². The number of nitrogens with one attached hydrogen (secondary N) is 1. The van der Waals surface area contributed by atoms with Crippen LogP contribution in [0.3, 0.4) is 0 Å². The molecule has 4 rings (SSSR count). The number of halogens is 4. The summed E-state index contributed by atoms with van der Waals surface area (Å²) >= 11 is 5.70. The molecule has 158 valence electrons. The van der Waals surface area contributed by atoms with Gasteiger partial charge in [-0.1, -0.05) is 23.7 Å². The minimum atomic E-state index is -4.51. The average molecular weight is 438 g/mol. The highest BCUT2D eigenvalue weighted by Crippen LogP contribution is 2.37. The molecule has 0 bridgehead atoms. The summed E-state index contributed by atoms with van der Waals surface area (Å²) in [5.74, 6) is 0.533. The topological polar surface area (TPSA) is 55.5 Å². The first-order valence-electron chi connectivity index (χ1n) is 9.33.